The molecule has 24 heavy (non-hydrogen) atoms. The number of hydrogen-bond donors (Lipinski definition) is 0. The first-order valence-corrected chi connectivity index (χ1v) is 14.5. The van der Waals surface area contributed by atoms with Gasteiger partial charge in [-0.25, -0.2) is 0 Å². The molecule has 0 aromatic rings. The molecule has 0 aromatic heterocycles. The topological polar surface area (TPSA) is 37.3 Å². The van der Waals surface area contributed by atoms with Gasteiger partial charge in [0.1, 0.15) is 0 Å². The second kappa shape index (κ2) is 7.90. The first-order valence-electron chi connectivity index (χ1n) is 9.09. The van der Waals surface area contributed by atoms with Crippen molar-refractivity contribution in [2.45, 2.75) is 78.4 Å². The summed E-state index contributed by atoms with van der Waals surface area (Å²) in [5, 5.41) is 0. The fourth-order valence-corrected chi connectivity index (χ4v) is 10.6. The average Bonchev–Trinajstić information content (AvgIpc) is 3.05. The van der Waals surface area contributed by atoms with Crippen molar-refractivity contribution in [2.75, 3.05) is 26.2 Å². The van der Waals surface area contributed by atoms with Gasteiger partial charge in [0.2, 0.25) is 0 Å². The Kier molecular flexibility index (Phi) is 6.79. The summed E-state index contributed by atoms with van der Waals surface area (Å²) < 4.78 is 18.1. The molecule has 0 unspecified atom stereocenters. The number of hydrogen-bond acceptors (Lipinski definition) is 3. The van der Waals surface area contributed by atoms with Crippen LogP contribution in [0.15, 0.2) is 4.76 Å². The summed E-state index contributed by atoms with van der Waals surface area (Å²) in [4.78, 5) is 4.89. The van der Waals surface area contributed by atoms with E-state index in [-0.39, 0.29) is 11.2 Å². The molecule has 2 aliphatic rings. The van der Waals surface area contributed by atoms with Gasteiger partial charge >= 0.3 is 158 Å². The van der Waals surface area contributed by atoms with E-state index in [1.165, 1.54) is 44.5 Å². The van der Waals surface area contributed by atoms with Gasteiger partial charge in [0.05, 0.1) is 0 Å². The summed E-state index contributed by atoms with van der Waals surface area (Å²) in [6.07, 6.45) is 5.04. The average molecular weight is 527 g/mol. The van der Waals surface area contributed by atoms with Crippen molar-refractivity contribution in [2.24, 2.45) is 4.76 Å². The molecule has 2 aliphatic heterocycles. The maximum atomic E-state index is 6.44. The maximum absolute atomic E-state index is 6.44. The van der Waals surface area contributed by atoms with Crippen molar-refractivity contribution in [3.8, 4) is 0 Å². The van der Waals surface area contributed by atoms with Crippen LogP contribution in [0.1, 0.15) is 67.2 Å². The predicted octanol–water partition coefficient (Wildman–Crippen LogP) is 4.39. The molecule has 0 bridgehead atoms. The minimum absolute atomic E-state index is 0.259. The third-order valence-corrected chi connectivity index (χ3v) is 8.24. The molecular formula is C17H34N3O2PW. The fourth-order valence-electron chi connectivity index (χ4n) is 3.02. The van der Waals surface area contributed by atoms with E-state index in [9.17, 15) is 0 Å². The molecule has 2 saturated heterocycles. The van der Waals surface area contributed by atoms with Gasteiger partial charge in [0.15, 0.2) is 0 Å². The molecule has 7 heteroatoms. The van der Waals surface area contributed by atoms with E-state index in [0.29, 0.717) is 0 Å². The second-order valence-electron chi connectivity index (χ2n) is 8.66. The van der Waals surface area contributed by atoms with Crippen LogP contribution in [0.25, 0.3) is 0 Å². The number of nitrogens with zero attached hydrogens (tertiary/aromatic N) is 3. The first-order chi connectivity index (χ1) is 11.0. The molecule has 2 heterocycles. The third-order valence-electron chi connectivity index (χ3n) is 3.77. The van der Waals surface area contributed by atoms with Crippen LogP contribution in [-0.2, 0) is 27.9 Å². The van der Waals surface area contributed by atoms with Crippen LogP contribution in [0.3, 0.4) is 0 Å². The molecule has 0 atom stereocenters. The Morgan fingerprint density at radius 1 is 0.792 bits per heavy atom. The Morgan fingerprint density at radius 2 is 1.12 bits per heavy atom. The molecule has 140 valence electrons. The van der Waals surface area contributed by atoms with Crippen LogP contribution in [0.5, 0.6) is 0 Å². The standard InChI is InChI=1S/C17H34N3O2P.W/c1-16(2,3)21-23(22-17(4,5)6)18-15(19-11-7-8-12-19)20-13-9-10-14-20;/h7-14H2,1-6H3;. The Morgan fingerprint density at radius 3 is 1.42 bits per heavy atom. The molecule has 2 rings (SSSR count). The molecule has 0 N–H and O–H groups in total. The number of guanidine groups is 1. The normalized spacial score (nSPS) is 19.9. The molecule has 5 nitrogen and oxygen atoms in total. The Hall–Kier alpha value is 0.308. The molecule has 2 fully saturated rings. The van der Waals surface area contributed by atoms with E-state index in [2.05, 4.69) is 51.3 Å². The van der Waals surface area contributed by atoms with Gasteiger partial charge in [-0.15, -0.1) is 0 Å². The van der Waals surface area contributed by atoms with Crippen molar-refractivity contribution in [1.29, 1.82) is 0 Å². The summed E-state index contributed by atoms with van der Waals surface area (Å²) in [7, 11) is 0. The molecular weight excluding hydrogens is 493 g/mol. The van der Waals surface area contributed by atoms with Crippen LogP contribution in [0.4, 0.5) is 0 Å². The van der Waals surface area contributed by atoms with E-state index in [1.54, 1.807) is 0 Å². The second-order valence-corrected chi connectivity index (χ2v) is 15.1. The zero-order valence-electron chi connectivity index (χ0n) is 16.2. The van der Waals surface area contributed by atoms with Crippen molar-refractivity contribution >= 4 is 11.5 Å². The van der Waals surface area contributed by atoms with Crippen molar-refractivity contribution in [1.82, 2.24) is 9.80 Å². The van der Waals surface area contributed by atoms with Crippen LogP contribution in [0, 0.1) is 0 Å². The SMILES string of the molecule is CC(C)(C)O[P](=[W])(N=C(N1CCCC1)N1CCCC1)OC(C)(C)C. The van der Waals surface area contributed by atoms with Crippen LogP contribution in [0.2, 0.25) is 0 Å². The van der Waals surface area contributed by atoms with Crippen molar-refractivity contribution < 1.29 is 27.9 Å². The molecule has 0 spiro atoms. The Balaban J connectivity index is 2.35. The van der Waals surface area contributed by atoms with Gasteiger partial charge in [0.25, 0.3) is 0 Å². The molecule has 0 radical (unpaired) electrons. The fraction of sp³-hybridized carbons (Fsp3) is 0.941. The summed E-state index contributed by atoms with van der Waals surface area (Å²) >= 11 is 1.30. The molecule has 0 aliphatic carbocycles. The summed E-state index contributed by atoms with van der Waals surface area (Å²) in [6, 6.07) is 0. The van der Waals surface area contributed by atoms with Gasteiger partial charge in [0, 0.05) is 0 Å². The van der Waals surface area contributed by atoms with Crippen LogP contribution < -0.4 is 0 Å². The van der Waals surface area contributed by atoms with Gasteiger partial charge in [-0.3, -0.25) is 0 Å². The quantitative estimate of drug-likeness (QED) is 0.310. The van der Waals surface area contributed by atoms with Crippen LogP contribution in [-0.4, -0.2) is 53.1 Å². The van der Waals surface area contributed by atoms with Gasteiger partial charge in [-0.1, -0.05) is 0 Å². The van der Waals surface area contributed by atoms with E-state index in [0.717, 1.165) is 32.1 Å². The third kappa shape index (κ3) is 6.56. The van der Waals surface area contributed by atoms with Gasteiger partial charge < -0.3 is 0 Å². The summed E-state index contributed by atoms with van der Waals surface area (Å²) in [5.74, 6) is 1.13. The molecule has 0 aromatic carbocycles. The first kappa shape index (κ1) is 20.6. The Labute approximate surface area is 158 Å². The zero-order chi connectivity index (χ0) is 18.0. The van der Waals surface area contributed by atoms with E-state index in [1.807, 2.05) is 0 Å². The van der Waals surface area contributed by atoms with E-state index >= 15 is 0 Å². The van der Waals surface area contributed by atoms with Crippen molar-refractivity contribution in [3.05, 3.63) is 0 Å². The monoisotopic (exact) mass is 527 g/mol. The summed E-state index contributed by atoms with van der Waals surface area (Å²) in [6.45, 7) is 17.0. The number of rotatable bonds is 3. The summed E-state index contributed by atoms with van der Waals surface area (Å²) in [5.41, 5.74) is -2.80. The minimum atomic E-state index is -2.29. The number of likely N-dealkylation sites (tertiary alicyclic amines) is 2. The Bertz CT molecular complexity index is 461. The van der Waals surface area contributed by atoms with Crippen molar-refractivity contribution in [3.63, 3.8) is 0 Å². The van der Waals surface area contributed by atoms with E-state index in [4.69, 9.17) is 13.8 Å². The van der Waals surface area contributed by atoms with E-state index < -0.39 is 5.50 Å². The predicted molar refractivity (Wildman–Crippen MR) is 97.6 cm³/mol. The van der Waals surface area contributed by atoms with Gasteiger partial charge in [-0.05, 0) is 0 Å². The van der Waals surface area contributed by atoms with Gasteiger partial charge in [-0.2, -0.15) is 0 Å². The van der Waals surface area contributed by atoms with Crippen LogP contribution >= 0.6 is 5.50 Å². The molecule has 0 saturated carbocycles. The molecule has 0 amide bonds. The zero-order valence-corrected chi connectivity index (χ0v) is 20.0.